The van der Waals surface area contributed by atoms with Crippen LogP contribution in [0.2, 0.25) is 0 Å². The van der Waals surface area contributed by atoms with Crippen molar-refractivity contribution in [3.63, 3.8) is 0 Å². The predicted octanol–water partition coefficient (Wildman–Crippen LogP) is 4.08. The third-order valence-corrected chi connectivity index (χ3v) is 5.70. The van der Waals surface area contributed by atoms with E-state index in [-0.39, 0.29) is 35.9 Å². The van der Waals surface area contributed by atoms with Gasteiger partial charge in [-0.15, -0.1) is 24.0 Å². The number of benzene rings is 2. The Labute approximate surface area is 209 Å². The first-order valence-electron chi connectivity index (χ1n) is 11.1. The molecular formula is C25H36IN5O. The molecule has 6 nitrogen and oxygen atoms in total. The van der Waals surface area contributed by atoms with Gasteiger partial charge in [0.15, 0.2) is 5.96 Å². The van der Waals surface area contributed by atoms with Crippen LogP contribution in [0.4, 0.5) is 5.69 Å². The Morgan fingerprint density at radius 1 is 1.12 bits per heavy atom. The van der Waals surface area contributed by atoms with Crippen molar-refractivity contribution >= 4 is 41.5 Å². The van der Waals surface area contributed by atoms with Crippen LogP contribution in [0.3, 0.4) is 0 Å². The van der Waals surface area contributed by atoms with Crippen molar-refractivity contribution in [1.82, 2.24) is 15.5 Å². The van der Waals surface area contributed by atoms with Crippen molar-refractivity contribution in [3.05, 3.63) is 65.2 Å². The van der Waals surface area contributed by atoms with E-state index in [1.807, 2.05) is 18.2 Å². The quantitative estimate of drug-likeness (QED) is 0.311. The monoisotopic (exact) mass is 549 g/mol. The Hall–Kier alpha value is -2.29. The third kappa shape index (κ3) is 7.12. The molecule has 1 atom stereocenters. The third-order valence-electron chi connectivity index (χ3n) is 5.70. The van der Waals surface area contributed by atoms with Crippen molar-refractivity contribution in [2.75, 3.05) is 45.7 Å². The fourth-order valence-electron chi connectivity index (χ4n) is 3.89. The fraction of sp³-hybridized carbons (Fsp3) is 0.440. The van der Waals surface area contributed by atoms with Crippen LogP contribution in [0.25, 0.3) is 0 Å². The number of anilines is 1. The summed E-state index contributed by atoms with van der Waals surface area (Å²) in [7, 11) is 5.33. The molecule has 1 unspecified atom stereocenters. The van der Waals surface area contributed by atoms with Crippen LogP contribution in [0, 0.1) is 0 Å². The predicted molar refractivity (Wildman–Crippen MR) is 144 cm³/mol. The molecule has 0 saturated carbocycles. The second kappa shape index (κ2) is 12.7. The average Bonchev–Trinajstić information content (AvgIpc) is 3.33. The van der Waals surface area contributed by atoms with Crippen LogP contribution >= 0.6 is 24.0 Å². The molecule has 0 aromatic heterocycles. The highest BCUT2D eigenvalue weighted by molar-refractivity contribution is 14.0. The first kappa shape index (κ1) is 26.0. The van der Waals surface area contributed by atoms with E-state index in [4.69, 9.17) is 0 Å². The molecule has 1 aliphatic rings. The van der Waals surface area contributed by atoms with E-state index in [2.05, 4.69) is 57.8 Å². The molecule has 1 aliphatic heterocycles. The molecular weight excluding hydrogens is 513 g/mol. The van der Waals surface area contributed by atoms with Crippen molar-refractivity contribution in [1.29, 1.82) is 0 Å². The van der Waals surface area contributed by atoms with E-state index in [1.165, 1.54) is 24.1 Å². The van der Waals surface area contributed by atoms with Crippen LogP contribution in [0.1, 0.15) is 47.3 Å². The molecule has 32 heavy (non-hydrogen) atoms. The van der Waals surface area contributed by atoms with Gasteiger partial charge in [0.1, 0.15) is 0 Å². The molecule has 0 aliphatic carbocycles. The lowest BCUT2D eigenvalue weighted by atomic mass is 10.1. The molecule has 0 radical (unpaired) electrons. The Kier molecular flexibility index (Phi) is 10.3. The number of nitrogens with zero attached hydrogens (tertiary/aromatic N) is 3. The Balaban J connectivity index is 0.00000363. The molecule has 2 aromatic carbocycles. The normalized spacial score (nSPS) is 14.5. The number of amides is 1. The molecule has 2 aromatic rings. The number of carbonyl (C=O) groups excluding carboxylic acids is 1. The number of hydrogen-bond acceptors (Lipinski definition) is 3. The van der Waals surface area contributed by atoms with Gasteiger partial charge in [-0.1, -0.05) is 24.3 Å². The number of rotatable bonds is 7. The van der Waals surface area contributed by atoms with Gasteiger partial charge < -0.3 is 20.4 Å². The summed E-state index contributed by atoms with van der Waals surface area (Å²) in [6.45, 7) is 5.19. The molecule has 0 bridgehead atoms. The summed E-state index contributed by atoms with van der Waals surface area (Å²) in [5.74, 6) is 0.803. The lowest BCUT2D eigenvalue weighted by molar-refractivity contribution is 0.0827. The number of guanidine groups is 1. The van der Waals surface area contributed by atoms with Crippen molar-refractivity contribution in [2.24, 2.45) is 4.99 Å². The maximum absolute atomic E-state index is 12.2. The second-order valence-corrected chi connectivity index (χ2v) is 8.30. The van der Waals surface area contributed by atoms with Gasteiger partial charge in [0.25, 0.3) is 5.91 Å². The Bertz CT molecular complexity index is 909. The molecule has 1 heterocycles. The first-order valence-corrected chi connectivity index (χ1v) is 11.1. The van der Waals surface area contributed by atoms with Crippen molar-refractivity contribution in [3.8, 4) is 0 Å². The van der Waals surface area contributed by atoms with E-state index in [0.717, 1.165) is 43.1 Å². The van der Waals surface area contributed by atoms with Gasteiger partial charge in [-0.2, -0.15) is 0 Å². The smallest absolute Gasteiger partial charge is 0.253 e. The summed E-state index contributed by atoms with van der Waals surface area (Å²) >= 11 is 0. The Morgan fingerprint density at radius 3 is 2.53 bits per heavy atom. The van der Waals surface area contributed by atoms with E-state index < -0.39 is 0 Å². The van der Waals surface area contributed by atoms with Gasteiger partial charge >= 0.3 is 0 Å². The van der Waals surface area contributed by atoms with Crippen LogP contribution in [0.15, 0.2) is 53.5 Å². The molecule has 1 fully saturated rings. The highest BCUT2D eigenvalue weighted by Gasteiger charge is 2.14. The minimum atomic E-state index is 0. The number of aliphatic imine (C=N–C) groups is 1. The molecule has 7 heteroatoms. The summed E-state index contributed by atoms with van der Waals surface area (Å²) in [5.41, 5.74) is 4.40. The highest BCUT2D eigenvalue weighted by atomic mass is 127. The Morgan fingerprint density at radius 2 is 1.84 bits per heavy atom. The molecule has 3 rings (SSSR count). The average molecular weight is 550 g/mol. The van der Waals surface area contributed by atoms with E-state index in [9.17, 15) is 4.79 Å². The zero-order chi connectivity index (χ0) is 22.2. The zero-order valence-corrected chi connectivity index (χ0v) is 21.9. The SMILES string of the molecule is CN=C(NCCc1cccc(C(=O)N(C)C)c1)NC(C)c1cccc(N2CCCC2)c1.I. The van der Waals surface area contributed by atoms with Gasteiger partial charge in [-0.05, 0) is 61.6 Å². The van der Waals surface area contributed by atoms with E-state index in [1.54, 1.807) is 26.0 Å². The van der Waals surface area contributed by atoms with Crippen LogP contribution < -0.4 is 15.5 Å². The summed E-state index contributed by atoms with van der Waals surface area (Å²) in [6, 6.07) is 16.7. The fourth-order valence-corrected chi connectivity index (χ4v) is 3.89. The number of nitrogens with one attached hydrogen (secondary N) is 2. The van der Waals surface area contributed by atoms with E-state index >= 15 is 0 Å². The van der Waals surface area contributed by atoms with Gasteiger partial charge in [0.05, 0.1) is 6.04 Å². The minimum Gasteiger partial charge on any atom is -0.372 e. The maximum Gasteiger partial charge on any atom is 0.253 e. The topological polar surface area (TPSA) is 60.0 Å². The molecule has 0 spiro atoms. The van der Waals surface area contributed by atoms with Crippen LogP contribution in [-0.4, -0.2) is 57.5 Å². The molecule has 174 valence electrons. The van der Waals surface area contributed by atoms with Crippen LogP contribution in [-0.2, 0) is 6.42 Å². The van der Waals surface area contributed by atoms with Crippen LogP contribution in [0.5, 0.6) is 0 Å². The lowest BCUT2D eigenvalue weighted by Gasteiger charge is -2.22. The van der Waals surface area contributed by atoms with E-state index in [0.29, 0.717) is 0 Å². The summed E-state index contributed by atoms with van der Waals surface area (Å²) in [4.78, 5) is 20.6. The van der Waals surface area contributed by atoms with Crippen molar-refractivity contribution in [2.45, 2.75) is 32.2 Å². The zero-order valence-electron chi connectivity index (χ0n) is 19.6. The van der Waals surface area contributed by atoms with Gasteiger partial charge in [-0.25, -0.2) is 0 Å². The summed E-state index contributed by atoms with van der Waals surface area (Å²) < 4.78 is 0. The number of hydrogen-bond donors (Lipinski definition) is 2. The largest absolute Gasteiger partial charge is 0.372 e. The first-order chi connectivity index (χ1) is 15.0. The van der Waals surface area contributed by atoms with Gasteiger partial charge in [-0.3, -0.25) is 9.79 Å². The van der Waals surface area contributed by atoms with Gasteiger partial charge in [0.2, 0.25) is 0 Å². The summed E-state index contributed by atoms with van der Waals surface area (Å²) in [6.07, 6.45) is 3.37. The maximum atomic E-state index is 12.2. The van der Waals surface area contributed by atoms with Crippen molar-refractivity contribution < 1.29 is 4.79 Å². The lowest BCUT2D eigenvalue weighted by Crippen LogP contribution is -2.39. The number of carbonyl (C=O) groups is 1. The highest BCUT2D eigenvalue weighted by Crippen LogP contribution is 2.23. The molecule has 2 N–H and O–H groups in total. The number of halogens is 1. The standard InChI is InChI=1S/C25H35N5O.HI/c1-19(21-10-8-12-23(18-21)30-15-5-6-16-30)28-25(26-2)27-14-13-20-9-7-11-22(17-20)24(31)29(3)4;/h7-12,17-19H,5-6,13-16H2,1-4H3,(H2,26,27,28);1H. The molecule has 1 saturated heterocycles. The minimum absolute atomic E-state index is 0. The second-order valence-electron chi connectivity index (χ2n) is 8.30. The van der Waals surface area contributed by atoms with Gasteiger partial charge in [0, 0.05) is 52.0 Å². The summed E-state index contributed by atoms with van der Waals surface area (Å²) in [5, 5.41) is 6.88. The molecule has 1 amide bonds.